The molecular weight excluding hydrogens is 451 g/mol. The number of carbonyl (C=O) groups excluding carboxylic acids is 1. The summed E-state index contributed by atoms with van der Waals surface area (Å²) in [5, 5.41) is 12.4. The normalized spacial score (nSPS) is 10.7. The van der Waals surface area contributed by atoms with Crippen molar-refractivity contribution in [1.82, 2.24) is 20.6 Å². The van der Waals surface area contributed by atoms with Crippen molar-refractivity contribution in [3.63, 3.8) is 0 Å². The first-order chi connectivity index (χ1) is 12.7. The van der Waals surface area contributed by atoms with Gasteiger partial charge in [-0.1, -0.05) is 11.6 Å². The van der Waals surface area contributed by atoms with Crippen LogP contribution in [0.1, 0.15) is 17.4 Å². The smallest absolute Gasteiger partial charge is 0.280 e. The molecule has 16 heteroatoms. The van der Waals surface area contributed by atoms with Crippen LogP contribution in [0.15, 0.2) is 4.99 Å². The molecule has 0 saturated heterocycles. The number of nitrogens with two attached hydrogens (primary N) is 4. The molecule has 29 heavy (non-hydrogen) atoms. The van der Waals surface area contributed by atoms with Crippen molar-refractivity contribution in [3.8, 4) is 0 Å². The highest BCUT2D eigenvalue weighted by molar-refractivity contribution is 6.31. The summed E-state index contributed by atoms with van der Waals surface area (Å²) >= 11 is 5.70. The van der Waals surface area contributed by atoms with Crippen molar-refractivity contribution in [2.45, 2.75) is 13.2 Å². The molecule has 1 atom stereocenters. The van der Waals surface area contributed by atoms with Gasteiger partial charge in [0.1, 0.15) is 6.23 Å². The molecule has 0 radical (unpaired) electrons. The number of aliphatic imine (C=N–C) groups is 1. The summed E-state index contributed by atoms with van der Waals surface area (Å²) in [4.78, 5) is 23.2. The predicted molar refractivity (Wildman–Crippen MR) is 116 cm³/mol. The summed E-state index contributed by atoms with van der Waals surface area (Å²) in [6, 6.07) is 0. The van der Waals surface area contributed by atoms with Crippen LogP contribution in [0.25, 0.3) is 0 Å². The number of amides is 1. The molecule has 1 aromatic rings. The standard InChI is InChI=1S/C13H23ClN10O3.2ClH/c1-6(21-12(17)18)27-5-4-26-3-2-20-13(19)24-11(25)7-9(15)23-10(16)8(14)22-7;;/h6H,2-5H2,1H3,(H4,15,16,23)(H4,17,18,21)(H3,19,20,24,25);2*1H. The van der Waals surface area contributed by atoms with Gasteiger partial charge in [-0.3, -0.25) is 15.5 Å². The second-order valence-corrected chi connectivity index (χ2v) is 5.38. The number of nitrogen functional groups attached to an aromatic ring is 2. The van der Waals surface area contributed by atoms with E-state index in [1.807, 2.05) is 0 Å². The molecule has 11 N–H and O–H groups in total. The number of halogens is 3. The molecule has 0 aliphatic carbocycles. The number of nitrogens with zero attached hydrogens (tertiary/aromatic N) is 3. The molecule has 0 aliphatic heterocycles. The first-order valence-corrected chi connectivity index (χ1v) is 8.08. The Labute approximate surface area is 184 Å². The van der Waals surface area contributed by atoms with Crippen molar-refractivity contribution in [2.24, 2.45) is 16.5 Å². The Morgan fingerprint density at radius 2 is 1.86 bits per heavy atom. The van der Waals surface area contributed by atoms with Crippen molar-refractivity contribution >= 4 is 65.9 Å². The molecule has 166 valence electrons. The summed E-state index contributed by atoms with van der Waals surface area (Å²) in [5.41, 5.74) is 21.2. The fraction of sp³-hybridized carbons (Fsp3) is 0.462. The third-order valence-electron chi connectivity index (χ3n) is 2.82. The zero-order valence-corrected chi connectivity index (χ0v) is 17.9. The maximum Gasteiger partial charge on any atom is 0.280 e. The number of ether oxygens (including phenoxy) is 2. The molecule has 1 unspecified atom stereocenters. The Bertz CT molecular complexity index is 703. The van der Waals surface area contributed by atoms with E-state index in [4.69, 9.17) is 49.4 Å². The molecule has 0 spiro atoms. The first kappa shape index (κ1) is 28.9. The van der Waals surface area contributed by atoms with Crippen molar-refractivity contribution in [1.29, 1.82) is 5.41 Å². The number of guanidine groups is 2. The Morgan fingerprint density at radius 1 is 1.21 bits per heavy atom. The highest BCUT2D eigenvalue weighted by atomic mass is 35.5. The number of hydrogen-bond acceptors (Lipinski definition) is 9. The lowest BCUT2D eigenvalue weighted by Crippen LogP contribution is -2.42. The van der Waals surface area contributed by atoms with E-state index in [0.29, 0.717) is 13.2 Å². The minimum absolute atomic E-state index is 0. The van der Waals surface area contributed by atoms with E-state index in [1.165, 1.54) is 0 Å². The maximum absolute atomic E-state index is 12.0. The lowest BCUT2D eigenvalue weighted by Gasteiger charge is -2.11. The quantitative estimate of drug-likeness (QED) is 0.131. The van der Waals surface area contributed by atoms with Crippen LogP contribution in [-0.2, 0) is 9.47 Å². The van der Waals surface area contributed by atoms with Crippen LogP contribution >= 0.6 is 36.4 Å². The number of rotatable bonds is 9. The minimum Gasteiger partial charge on any atom is -0.382 e. The van der Waals surface area contributed by atoms with E-state index in [-0.39, 0.29) is 72.4 Å². The SMILES string of the molecule is CC(N=C(N)N)OCCOCCNC(=N)NC(=O)c1nc(Cl)c(N)nc1N.Cl.Cl. The number of nitrogens with one attached hydrogen (secondary N) is 3. The van der Waals surface area contributed by atoms with E-state index in [9.17, 15) is 4.79 Å². The van der Waals surface area contributed by atoms with Gasteiger partial charge in [0.2, 0.25) is 0 Å². The van der Waals surface area contributed by atoms with Crippen molar-refractivity contribution in [2.75, 3.05) is 37.8 Å². The van der Waals surface area contributed by atoms with Gasteiger partial charge in [-0.05, 0) is 6.92 Å². The monoisotopic (exact) mass is 474 g/mol. The average Bonchev–Trinajstić information content (AvgIpc) is 2.56. The number of anilines is 2. The third kappa shape index (κ3) is 11.3. The first-order valence-electron chi connectivity index (χ1n) is 7.71. The minimum atomic E-state index is -0.748. The lowest BCUT2D eigenvalue weighted by atomic mass is 10.4. The van der Waals surface area contributed by atoms with Gasteiger partial charge in [0, 0.05) is 6.54 Å². The maximum atomic E-state index is 12.0. The predicted octanol–water partition coefficient (Wildman–Crippen LogP) is -0.955. The van der Waals surface area contributed by atoms with Gasteiger partial charge >= 0.3 is 0 Å². The number of aromatic nitrogens is 2. The lowest BCUT2D eigenvalue weighted by molar-refractivity contribution is 0.0173. The second kappa shape index (κ2) is 14.6. The van der Waals surface area contributed by atoms with E-state index in [2.05, 4.69) is 25.6 Å². The molecule has 0 bridgehead atoms. The number of hydrogen-bond donors (Lipinski definition) is 7. The summed E-state index contributed by atoms with van der Waals surface area (Å²) in [6.07, 6.45) is -0.461. The van der Waals surface area contributed by atoms with Crippen LogP contribution in [-0.4, -0.2) is 60.4 Å². The molecule has 0 fully saturated rings. The van der Waals surface area contributed by atoms with Crippen LogP contribution in [0.2, 0.25) is 5.15 Å². The molecule has 0 saturated carbocycles. The Balaban J connectivity index is 0. The van der Waals surface area contributed by atoms with E-state index in [1.54, 1.807) is 6.92 Å². The highest BCUT2D eigenvalue weighted by Crippen LogP contribution is 2.16. The van der Waals surface area contributed by atoms with Gasteiger partial charge in [-0.2, -0.15) is 0 Å². The highest BCUT2D eigenvalue weighted by Gasteiger charge is 2.16. The Hall–Kier alpha value is -2.32. The van der Waals surface area contributed by atoms with Gasteiger partial charge < -0.3 is 37.7 Å². The Morgan fingerprint density at radius 3 is 2.48 bits per heavy atom. The van der Waals surface area contributed by atoms with Crippen LogP contribution in [0.5, 0.6) is 0 Å². The van der Waals surface area contributed by atoms with Crippen molar-refractivity contribution < 1.29 is 14.3 Å². The van der Waals surface area contributed by atoms with Crippen LogP contribution in [0, 0.1) is 5.41 Å². The van der Waals surface area contributed by atoms with Crippen molar-refractivity contribution in [3.05, 3.63) is 10.8 Å². The van der Waals surface area contributed by atoms with E-state index in [0.717, 1.165) is 0 Å². The molecule has 1 amide bonds. The fourth-order valence-corrected chi connectivity index (χ4v) is 1.83. The van der Waals surface area contributed by atoms with Gasteiger partial charge in [0.25, 0.3) is 5.91 Å². The third-order valence-corrected chi connectivity index (χ3v) is 3.10. The molecule has 13 nitrogen and oxygen atoms in total. The fourth-order valence-electron chi connectivity index (χ4n) is 1.70. The average molecular weight is 476 g/mol. The molecular formula is C13H25Cl3N10O3. The zero-order valence-electron chi connectivity index (χ0n) is 15.5. The van der Waals surface area contributed by atoms with Gasteiger partial charge in [-0.25, -0.2) is 15.0 Å². The zero-order chi connectivity index (χ0) is 20.4. The molecule has 1 aromatic heterocycles. The molecule has 1 heterocycles. The van der Waals surface area contributed by atoms with Crippen LogP contribution in [0.3, 0.4) is 0 Å². The summed E-state index contributed by atoms with van der Waals surface area (Å²) in [6.45, 7) is 2.83. The number of carbonyl (C=O) groups is 1. The van der Waals surface area contributed by atoms with E-state index >= 15 is 0 Å². The molecule has 0 aliphatic rings. The van der Waals surface area contributed by atoms with Gasteiger partial charge in [0.05, 0.1) is 19.8 Å². The summed E-state index contributed by atoms with van der Waals surface area (Å²) in [5.74, 6) is -1.35. The van der Waals surface area contributed by atoms with Gasteiger partial charge in [-0.15, -0.1) is 24.8 Å². The second-order valence-electron chi connectivity index (χ2n) is 5.03. The largest absolute Gasteiger partial charge is 0.382 e. The van der Waals surface area contributed by atoms with Crippen LogP contribution < -0.4 is 33.6 Å². The molecule has 0 aromatic carbocycles. The molecule has 1 rings (SSSR count). The van der Waals surface area contributed by atoms with Gasteiger partial charge in [0.15, 0.2) is 34.4 Å². The topological polar surface area (TPSA) is 226 Å². The van der Waals surface area contributed by atoms with Crippen LogP contribution in [0.4, 0.5) is 11.6 Å². The summed E-state index contributed by atoms with van der Waals surface area (Å²) < 4.78 is 10.6. The van der Waals surface area contributed by atoms with E-state index < -0.39 is 12.1 Å². The summed E-state index contributed by atoms with van der Waals surface area (Å²) in [7, 11) is 0. The Kier molecular flexibility index (Phi) is 14.6.